The molecule has 6 nitrogen and oxygen atoms in total. The third kappa shape index (κ3) is 6.14. The second kappa shape index (κ2) is 9.60. The van der Waals surface area contributed by atoms with Gasteiger partial charge >= 0.3 is 11.9 Å². The summed E-state index contributed by atoms with van der Waals surface area (Å²) in [5.74, 6) is -0.872. The Hall–Kier alpha value is -2.73. The maximum atomic E-state index is 12.2. The highest BCUT2D eigenvalue weighted by Gasteiger charge is 2.26. The molecule has 1 aliphatic heterocycles. The number of hydrogen-bond acceptors (Lipinski definition) is 5. The fourth-order valence-corrected chi connectivity index (χ4v) is 4.13. The van der Waals surface area contributed by atoms with E-state index in [4.69, 9.17) is 16.3 Å². The van der Waals surface area contributed by atoms with E-state index in [0.29, 0.717) is 17.1 Å². The SMILES string of the molecule is CC(C)(C)OC(=O)CC1CCN(c2c(Cl)cccc2Nc2ccccc2C(=O)O)CC1. The van der Waals surface area contributed by atoms with Crippen molar-refractivity contribution in [1.29, 1.82) is 0 Å². The number of carboxylic acids is 1. The Labute approximate surface area is 188 Å². The summed E-state index contributed by atoms with van der Waals surface area (Å²) in [6.07, 6.45) is 2.13. The van der Waals surface area contributed by atoms with E-state index in [-0.39, 0.29) is 17.5 Å². The number of halogens is 1. The van der Waals surface area contributed by atoms with Gasteiger partial charge in [0.25, 0.3) is 0 Å². The van der Waals surface area contributed by atoms with E-state index in [0.717, 1.165) is 37.3 Å². The first-order valence-corrected chi connectivity index (χ1v) is 10.9. The van der Waals surface area contributed by atoms with Crippen molar-refractivity contribution in [1.82, 2.24) is 0 Å². The van der Waals surface area contributed by atoms with Gasteiger partial charge in [0.2, 0.25) is 0 Å². The first-order valence-electron chi connectivity index (χ1n) is 10.5. The number of carboxylic acid groups (broad SMARTS) is 1. The first-order chi connectivity index (χ1) is 14.6. The molecule has 0 saturated carbocycles. The van der Waals surface area contributed by atoms with Crippen LogP contribution in [0.2, 0.25) is 5.02 Å². The number of benzene rings is 2. The molecule has 31 heavy (non-hydrogen) atoms. The Morgan fingerprint density at radius 3 is 2.39 bits per heavy atom. The van der Waals surface area contributed by atoms with E-state index in [1.807, 2.05) is 39.0 Å². The Morgan fingerprint density at radius 2 is 1.74 bits per heavy atom. The van der Waals surface area contributed by atoms with Gasteiger partial charge in [0.05, 0.1) is 27.6 Å². The molecule has 2 aromatic carbocycles. The lowest BCUT2D eigenvalue weighted by Gasteiger charge is -2.35. The van der Waals surface area contributed by atoms with Crippen LogP contribution in [0, 0.1) is 5.92 Å². The first kappa shape index (κ1) is 22.9. The van der Waals surface area contributed by atoms with E-state index in [9.17, 15) is 14.7 Å². The second-order valence-corrected chi connectivity index (χ2v) is 9.24. The zero-order chi connectivity index (χ0) is 22.6. The summed E-state index contributed by atoms with van der Waals surface area (Å²) in [4.78, 5) is 25.9. The van der Waals surface area contributed by atoms with Gasteiger partial charge in [-0.25, -0.2) is 4.79 Å². The number of anilines is 3. The summed E-state index contributed by atoms with van der Waals surface area (Å²) in [5.41, 5.74) is 1.84. The van der Waals surface area contributed by atoms with Crippen molar-refractivity contribution in [2.24, 2.45) is 5.92 Å². The molecule has 0 bridgehead atoms. The summed E-state index contributed by atoms with van der Waals surface area (Å²) >= 11 is 6.55. The number of carbonyl (C=O) groups is 2. The lowest BCUT2D eigenvalue weighted by Crippen LogP contribution is -2.35. The number of para-hydroxylation sites is 2. The highest BCUT2D eigenvalue weighted by molar-refractivity contribution is 6.34. The van der Waals surface area contributed by atoms with Crippen molar-refractivity contribution in [2.75, 3.05) is 23.3 Å². The van der Waals surface area contributed by atoms with Crippen LogP contribution in [-0.4, -0.2) is 35.7 Å². The van der Waals surface area contributed by atoms with Crippen LogP contribution >= 0.6 is 11.6 Å². The van der Waals surface area contributed by atoms with Gasteiger partial charge < -0.3 is 20.1 Å². The maximum absolute atomic E-state index is 12.2. The lowest BCUT2D eigenvalue weighted by atomic mass is 9.93. The minimum atomic E-state index is -0.991. The summed E-state index contributed by atoms with van der Waals surface area (Å²) in [7, 11) is 0. The van der Waals surface area contributed by atoms with E-state index >= 15 is 0 Å². The van der Waals surface area contributed by atoms with E-state index in [1.54, 1.807) is 24.3 Å². The molecule has 0 unspecified atom stereocenters. The molecule has 7 heteroatoms. The number of rotatable bonds is 6. The largest absolute Gasteiger partial charge is 0.478 e. The molecular weight excluding hydrogens is 416 g/mol. The van der Waals surface area contributed by atoms with E-state index < -0.39 is 11.6 Å². The van der Waals surface area contributed by atoms with Crippen molar-refractivity contribution in [3.8, 4) is 0 Å². The van der Waals surface area contributed by atoms with Crippen LogP contribution in [0.25, 0.3) is 0 Å². The van der Waals surface area contributed by atoms with Gasteiger partial charge in [0.1, 0.15) is 5.60 Å². The molecule has 0 atom stereocenters. The molecular formula is C24H29ClN2O4. The number of aromatic carboxylic acids is 1. The number of hydrogen-bond donors (Lipinski definition) is 2. The number of piperidine rings is 1. The fraction of sp³-hybridized carbons (Fsp3) is 0.417. The number of esters is 1. The van der Waals surface area contributed by atoms with Crippen LogP contribution < -0.4 is 10.2 Å². The van der Waals surface area contributed by atoms with Crippen molar-refractivity contribution in [3.05, 3.63) is 53.1 Å². The van der Waals surface area contributed by atoms with Crippen molar-refractivity contribution < 1.29 is 19.4 Å². The van der Waals surface area contributed by atoms with Gasteiger partial charge in [-0.2, -0.15) is 0 Å². The molecule has 0 aromatic heterocycles. The molecule has 0 spiro atoms. The minimum Gasteiger partial charge on any atom is -0.478 e. The summed E-state index contributed by atoms with van der Waals surface area (Å²) in [5, 5.41) is 13.3. The highest BCUT2D eigenvalue weighted by atomic mass is 35.5. The molecule has 0 amide bonds. The topological polar surface area (TPSA) is 78.9 Å². The van der Waals surface area contributed by atoms with Crippen molar-refractivity contribution in [3.63, 3.8) is 0 Å². The number of nitrogens with one attached hydrogen (secondary N) is 1. The normalized spacial score (nSPS) is 14.9. The molecule has 166 valence electrons. The third-order valence-corrected chi connectivity index (χ3v) is 5.52. The zero-order valence-corrected chi connectivity index (χ0v) is 18.9. The van der Waals surface area contributed by atoms with Gasteiger partial charge in [-0.05, 0) is 63.8 Å². The molecule has 0 radical (unpaired) electrons. The Morgan fingerprint density at radius 1 is 1.10 bits per heavy atom. The van der Waals surface area contributed by atoms with Gasteiger partial charge in [0.15, 0.2) is 0 Å². The fourth-order valence-electron chi connectivity index (χ4n) is 3.84. The number of ether oxygens (including phenoxy) is 1. The van der Waals surface area contributed by atoms with E-state index in [1.165, 1.54) is 0 Å². The molecule has 2 aromatic rings. The smallest absolute Gasteiger partial charge is 0.337 e. The molecule has 1 saturated heterocycles. The van der Waals surface area contributed by atoms with Crippen LogP contribution in [0.1, 0.15) is 50.4 Å². The minimum absolute atomic E-state index is 0.156. The molecule has 1 aliphatic rings. The average Bonchev–Trinajstić information content (AvgIpc) is 2.68. The monoisotopic (exact) mass is 444 g/mol. The van der Waals surface area contributed by atoms with Gasteiger partial charge in [-0.15, -0.1) is 0 Å². The van der Waals surface area contributed by atoms with Crippen LogP contribution in [0.15, 0.2) is 42.5 Å². The molecule has 1 heterocycles. The second-order valence-electron chi connectivity index (χ2n) is 8.83. The number of nitrogens with zero attached hydrogens (tertiary/aromatic N) is 1. The maximum Gasteiger partial charge on any atom is 0.337 e. The highest BCUT2D eigenvalue weighted by Crippen LogP contribution is 2.38. The third-order valence-electron chi connectivity index (χ3n) is 5.22. The zero-order valence-electron chi connectivity index (χ0n) is 18.2. The standard InChI is InChI=1S/C24H29ClN2O4/c1-24(2,3)31-21(28)15-16-11-13-27(14-12-16)22-18(25)8-6-10-20(22)26-19-9-5-4-7-17(19)23(29)30/h4-10,16,26H,11-15H2,1-3H3,(H,29,30). The molecule has 3 rings (SSSR count). The summed E-state index contributed by atoms with van der Waals surface area (Å²) < 4.78 is 5.46. The van der Waals surface area contributed by atoms with Crippen LogP contribution in [-0.2, 0) is 9.53 Å². The Kier molecular flexibility index (Phi) is 7.11. The Balaban J connectivity index is 1.72. The summed E-state index contributed by atoms with van der Waals surface area (Å²) in [6.45, 7) is 7.14. The van der Waals surface area contributed by atoms with E-state index in [2.05, 4.69) is 10.2 Å². The van der Waals surface area contributed by atoms with Crippen molar-refractivity contribution in [2.45, 2.75) is 45.6 Å². The summed E-state index contributed by atoms with van der Waals surface area (Å²) in [6, 6.07) is 12.4. The van der Waals surface area contributed by atoms with Gasteiger partial charge in [0, 0.05) is 19.5 Å². The van der Waals surface area contributed by atoms with Crippen molar-refractivity contribution >= 4 is 40.6 Å². The predicted molar refractivity (Wildman–Crippen MR) is 124 cm³/mol. The van der Waals surface area contributed by atoms with Crippen LogP contribution in [0.3, 0.4) is 0 Å². The predicted octanol–water partition coefficient (Wildman–Crippen LogP) is 5.73. The van der Waals surface area contributed by atoms with Gasteiger partial charge in [-0.1, -0.05) is 29.8 Å². The van der Waals surface area contributed by atoms with Crippen LogP contribution in [0.5, 0.6) is 0 Å². The Bertz CT molecular complexity index is 947. The number of carbonyl (C=O) groups excluding carboxylic acids is 1. The average molecular weight is 445 g/mol. The van der Waals surface area contributed by atoms with Gasteiger partial charge in [-0.3, -0.25) is 4.79 Å². The molecule has 1 fully saturated rings. The van der Waals surface area contributed by atoms with Crippen LogP contribution in [0.4, 0.5) is 17.1 Å². The lowest BCUT2D eigenvalue weighted by molar-refractivity contribution is -0.156. The molecule has 2 N–H and O–H groups in total. The quantitative estimate of drug-likeness (QED) is 0.554. The molecule has 0 aliphatic carbocycles.